The standard InChI is InChI=1S/C16H20N2O3/c1-15(2,3)13-10-16(4,21-18-13)14(19)20-17-11-12-8-6-5-7-9-12/h5-9,11H,10H2,1-4H3/b17-11+. The highest BCUT2D eigenvalue weighted by Crippen LogP contribution is 2.32. The van der Waals surface area contributed by atoms with Gasteiger partial charge in [0, 0.05) is 11.8 Å². The normalized spacial score (nSPS) is 22.0. The molecule has 1 atom stereocenters. The van der Waals surface area contributed by atoms with Crippen molar-refractivity contribution in [3.8, 4) is 0 Å². The molecule has 0 bridgehead atoms. The molecule has 0 aromatic heterocycles. The van der Waals surface area contributed by atoms with Crippen molar-refractivity contribution in [2.24, 2.45) is 15.7 Å². The van der Waals surface area contributed by atoms with Gasteiger partial charge >= 0.3 is 5.97 Å². The Balaban J connectivity index is 1.94. The third kappa shape index (κ3) is 3.68. The maximum absolute atomic E-state index is 12.1. The third-order valence-corrected chi connectivity index (χ3v) is 3.30. The molecule has 1 aromatic carbocycles. The van der Waals surface area contributed by atoms with Crippen LogP contribution in [-0.2, 0) is 14.5 Å². The molecule has 21 heavy (non-hydrogen) atoms. The Hall–Kier alpha value is -2.17. The second kappa shape index (κ2) is 5.68. The van der Waals surface area contributed by atoms with Gasteiger partial charge in [-0.1, -0.05) is 61.4 Å². The Morgan fingerprint density at radius 3 is 2.62 bits per heavy atom. The third-order valence-electron chi connectivity index (χ3n) is 3.30. The predicted molar refractivity (Wildman–Crippen MR) is 81.1 cm³/mol. The summed E-state index contributed by atoms with van der Waals surface area (Å²) in [5.41, 5.74) is 0.463. The van der Waals surface area contributed by atoms with Gasteiger partial charge in [0.1, 0.15) is 0 Å². The number of rotatable bonds is 3. The average Bonchev–Trinajstić information content (AvgIpc) is 2.84. The first kappa shape index (κ1) is 15.2. The average molecular weight is 288 g/mol. The molecule has 112 valence electrons. The number of carbonyl (C=O) groups is 1. The largest absolute Gasteiger partial charge is 0.381 e. The molecule has 0 radical (unpaired) electrons. The highest BCUT2D eigenvalue weighted by Gasteiger charge is 2.46. The number of nitrogens with zero attached hydrogens (tertiary/aromatic N) is 2. The Bertz CT molecular complexity index is 573. The zero-order valence-corrected chi connectivity index (χ0v) is 12.8. The van der Waals surface area contributed by atoms with E-state index in [0.717, 1.165) is 11.3 Å². The van der Waals surface area contributed by atoms with E-state index in [4.69, 9.17) is 9.68 Å². The fourth-order valence-electron chi connectivity index (χ4n) is 1.82. The van der Waals surface area contributed by atoms with Crippen molar-refractivity contribution in [3.63, 3.8) is 0 Å². The van der Waals surface area contributed by atoms with Crippen LogP contribution in [-0.4, -0.2) is 23.5 Å². The van der Waals surface area contributed by atoms with Gasteiger partial charge in [-0.2, -0.15) is 0 Å². The van der Waals surface area contributed by atoms with Gasteiger partial charge in [0.2, 0.25) is 5.60 Å². The van der Waals surface area contributed by atoms with Crippen molar-refractivity contribution in [1.82, 2.24) is 0 Å². The molecule has 1 unspecified atom stereocenters. The number of carbonyl (C=O) groups excluding carboxylic acids is 1. The SMILES string of the molecule is CC(C)(C)C1=NOC(C)(C(=O)O/N=C/c2ccccc2)C1. The van der Waals surface area contributed by atoms with E-state index in [2.05, 4.69) is 10.3 Å². The molecule has 5 nitrogen and oxygen atoms in total. The summed E-state index contributed by atoms with van der Waals surface area (Å²) in [6.07, 6.45) is 1.90. The van der Waals surface area contributed by atoms with E-state index in [-0.39, 0.29) is 5.41 Å². The maximum atomic E-state index is 12.1. The van der Waals surface area contributed by atoms with Crippen molar-refractivity contribution in [1.29, 1.82) is 0 Å². The molecule has 5 heteroatoms. The Morgan fingerprint density at radius 1 is 1.38 bits per heavy atom. The minimum atomic E-state index is -1.10. The van der Waals surface area contributed by atoms with Crippen LogP contribution in [0.25, 0.3) is 0 Å². The smallest absolute Gasteiger partial charge is 0.377 e. The molecule has 0 amide bonds. The van der Waals surface area contributed by atoms with Crippen LogP contribution < -0.4 is 0 Å². The summed E-state index contributed by atoms with van der Waals surface area (Å²) < 4.78 is 0. The summed E-state index contributed by atoms with van der Waals surface area (Å²) >= 11 is 0. The fraction of sp³-hybridized carbons (Fsp3) is 0.438. The lowest BCUT2D eigenvalue weighted by Gasteiger charge is -2.20. The highest BCUT2D eigenvalue weighted by atomic mass is 16.7. The first-order valence-electron chi connectivity index (χ1n) is 6.87. The summed E-state index contributed by atoms with van der Waals surface area (Å²) in [5.74, 6) is -0.544. The summed E-state index contributed by atoms with van der Waals surface area (Å²) in [6, 6.07) is 9.40. The van der Waals surface area contributed by atoms with Crippen molar-refractivity contribution in [2.75, 3.05) is 0 Å². The molecule has 0 aliphatic carbocycles. The van der Waals surface area contributed by atoms with E-state index in [9.17, 15) is 4.79 Å². The number of oxime groups is 2. The molecular formula is C16H20N2O3. The molecule has 0 fully saturated rings. The minimum absolute atomic E-state index is 0.134. The lowest BCUT2D eigenvalue weighted by Crippen LogP contribution is -2.37. The molecular weight excluding hydrogens is 268 g/mol. The monoisotopic (exact) mass is 288 g/mol. The first-order chi connectivity index (χ1) is 9.81. The van der Waals surface area contributed by atoms with Crippen molar-refractivity contribution >= 4 is 17.9 Å². The molecule has 1 aliphatic rings. The molecule has 1 aliphatic heterocycles. The van der Waals surface area contributed by atoms with Gasteiger partial charge in [-0.05, 0) is 12.5 Å². The predicted octanol–water partition coefficient (Wildman–Crippen LogP) is 3.14. The summed E-state index contributed by atoms with van der Waals surface area (Å²) in [4.78, 5) is 22.3. The first-order valence-corrected chi connectivity index (χ1v) is 6.87. The molecule has 0 spiro atoms. The van der Waals surface area contributed by atoms with Crippen LogP contribution in [0.1, 0.15) is 39.7 Å². The van der Waals surface area contributed by atoms with E-state index in [0.29, 0.717) is 6.42 Å². The topological polar surface area (TPSA) is 60.2 Å². The zero-order valence-electron chi connectivity index (χ0n) is 12.8. The van der Waals surface area contributed by atoms with Crippen molar-refractivity contribution in [3.05, 3.63) is 35.9 Å². The number of benzene rings is 1. The molecule has 0 saturated carbocycles. The molecule has 1 heterocycles. The van der Waals surface area contributed by atoms with E-state index < -0.39 is 11.6 Å². The maximum Gasteiger partial charge on any atom is 0.381 e. The van der Waals surface area contributed by atoms with Gasteiger partial charge in [0.15, 0.2) is 0 Å². The lowest BCUT2D eigenvalue weighted by atomic mass is 9.84. The van der Waals surface area contributed by atoms with Gasteiger partial charge in [0.25, 0.3) is 0 Å². The fourth-order valence-corrected chi connectivity index (χ4v) is 1.82. The summed E-state index contributed by atoms with van der Waals surface area (Å²) in [7, 11) is 0. The number of hydrogen-bond acceptors (Lipinski definition) is 5. The molecule has 0 N–H and O–H groups in total. The van der Waals surface area contributed by atoms with E-state index in [1.807, 2.05) is 51.1 Å². The van der Waals surface area contributed by atoms with Crippen LogP contribution in [0.2, 0.25) is 0 Å². The second-order valence-corrected chi connectivity index (χ2v) is 6.31. The van der Waals surface area contributed by atoms with Crippen molar-refractivity contribution in [2.45, 2.75) is 39.7 Å². The Morgan fingerprint density at radius 2 is 2.05 bits per heavy atom. The van der Waals surface area contributed by atoms with E-state index in [1.165, 1.54) is 6.21 Å². The van der Waals surface area contributed by atoms with Crippen LogP contribution in [0.4, 0.5) is 0 Å². The van der Waals surface area contributed by atoms with Crippen LogP contribution in [0.5, 0.6) is 0 Å². The summed E-state index contributed by atoms with van der Waals surface area (Å²) in [5, 5.41) is 7.72. The van der Waals surface area contributed by atoms with Gasteiger partial charge in [-0.25, -0.2) is 4.79 Å². The molecule has 1 aromatic rings. The Kier molecular flexibility index (Phi) is 4.11. The van der Waals surface area contributed by atoms with E-state index >= 15 is 0 Å². The highest BCUT2D eigenvalue weighted by molar-refractivity contribution is 5.96. The zero-order chi connectivity index (χ0) is 15.5. The van der Waals surface area contributed by atoms with Crippen LogP contribution in [0.3, 0.4) is 0 Å². The second-order valence-electron chi connectivity index (χ2n) is 6.31. The Labute approximate surface area is 124 Å². The van der Waals surface area contributed by atoms with Crippen LogP contribution >= 0.6 is 0 Å². The quantitative estimate of drug-likeness (QED) is 0.487. The van der Waals surface area contributed by atoms with Crippen LogP contribution in [0.15, 0.2) is 40.6 Å². The molecule has 0 saturated heterocycles. The van der Waals surface area contributed by atoms with Gasteiger partial charge in [-0.3, -0.25) is 0 Å². The van der Waals surface area contributed by atoms with Crippen LogP contribution in [0, 0.1) is 5.41 Å². The van der Waals surface area contributed by atoms with Gasteiger partial charge < -0.3 is 9.68 Å². The summed E-state index contributed by atoms with van der Waals surface area (Å²) in [6.45, 7) is 7.75. The van der Waals surface area contributed by atoms with E-state index in [1.54, 1.807) is 6.92 Å². The van der Waals surface area contributed by atoms with Crippen molar-refractivity contribution < 1.29 is 14.5 Å². The minimum Gasteiger partial charge on any atom is -0.377 e. The van der Waals surface area contributed by atoms with Gasteiger partial charge in [-0.15, -0.1) is 0 Å². The van der Waals surface area contributed by atoms with Gasteiger partial charge in [0.05, 0.1) is 11.9 Å². The molecule has 2 rings (SSSR count). The lowest BCUT2D eigenvalue weighted by molar-refractivity contribution is -0.167. The number of hydrogen-bond donors (Lipinski definition) is 0.